The molecule has 7 heteroatoms. The van der Waals surface area contributed by atoms with E-state index >= 15 is 0 Å². The van der Waals surface area contributed by atoms with E-state index in [-0.39, 0.29) is 5.91 Å². The van der Waals surface area contributed by atoms with Gasteiger partial charge in [-0.15, -0.1) is 10.2 Å². The first-order chi connectivity index (χ1) is 12.7. The van der Waals surface area contributed by atoms with Gasteiger partial charge in [0.15, 0.2) is 11.0 Å². The van der Waals surface area contributed by atoms with Crippen LogP contribution < -0.4 is 5.32 Å². The largest absolute Gasteiger partial charge is 0.469 e. The normalized spacial score (nSPS) is 13.7. The molecule has 1 N–H and O–H groups in total. The number of carbonyl (C=O) groups excluding carboxylic acids is 1. The Labute approximate surface area is 156 Å². The summed E-state index contributed by atoms with van der Waals surface area (Å²) in [5, 5.41) is 12.4. The number of rotatable bonds is 7. The Kier molecular flexibility index (Phi) is 4.79. The Balaban J connectivity index is 1.59. The van der Waals surface area contributed by atoms with Crippen molar-refractivity contribution in [3.63, 3.8) is 0 Å². The number of furan rings is 1. The molecule has 1 fully saturated rings. The van der Waals surface area contributed by atoms with Gasteiger partial charge in [0.1, 0.15) is 5.76 Å². The first-order valence-corrected chi connectivity index (χ1v) is 9.63. The van der Waals surface area contributed by atoms with Crippen LogP contribution in [0.5, 0.6) is 0 Å². The van der Waals surface area contributed by atoms with Crippen LogP contribution in [0.25, 0.3) is 11.4 Å². The van der Waals surface area contributed by atoms with Crippen LogP contribution in [0.3, 0.4) is 0 Å². The van der Waals surface area contributed by atoms with Crippen molar-refractivity contribution in [2.45, 2.75) is 37.5 Å². The molecule has 0 unspecified atom stereocenters. The number of carbonyl (C=O) groups is 1. The van der Waals surface area contributed by atoms with Crippen molar-refractivity contribution in [2.75, 3.05) is 5.75 Å². The minimum atomic E-state index is 0.0489. The minimum absolute atomic E-state index is 0.0489. The zero-order valence-corrected chi connectivity index (χ0v) is 15.3. The molecule has 4 rings (SSSR count). The van der Waals surface area contributed by atoms with E-state index in [1.165, 1.54) is 11.8 Å². The highest BCUT2D eigenvalue weighted by Gasteiger charge is 2.24. The molecule has 0 bridgehead atoms. The zero-order chi connectivity index (χ0) is 17.9. The number of nitrogens with one attached hydrogen (secondary N) is 1. The van der Waals surface area contributed by atoms with Gasteiger partial charge in [-0.1, -0.05) is 42.1 Å². The van der Waals surface area contributed by atoms with Gasteiger partial charge in [0.05, 0.1) is 24.1 Å². The Morgan fingerprint density at radius 1 is 1.27 bits per heavy atom. The number of aryl methyl sites for hydroxylation is 1. The molecule has 1 saturated carbocycles. The lowest BCUT2D eigenvalue weighted by Crippen LogP contribution is -2.27. The molecule has 0 radical (unpaired) electrons. The monoisotopic (exact) mass is 368 g/mol. The lowest BCUT2D eigenvalue weighted by Gasteiger charge is -2.10. The maximum absolute atomic E-state index is 12.0. The van der Waals surface area contributed by atoms with Gasteiger partial charge in [0, 0.05) is 6.04 Å². The van der Waals surface area contributed by atoms with Crippen LogP contribution in [0, 0.1) is 6.92 Å². The van der Waals surface area contributed by atoms with Crippen molar-refractivity contribution < 1.29 is 9.21 Å². The predicted molar refractivity (Wildman–Crippen MR) is 99.9 cm³/mol. The van der Waals surface area contributed by atoms with E-state index in [2.05, 4.69) is 27.6 Å². The minimum Gasteiger partial charge on any atom is -0.469 e. The smallest absolute Gasteiger partial charge is 0.230 e. The van der Waals surface area contributed by atoms with Gasteiger partial charge >= 0.3 is 0 Å². The van der Waals surface area contributed by atoms with Gasteiger partial charge < -0.3 is 9.73 Å². The first kappa shape index (κ1) is 16.9. The van der Waals surface area contributed by atoms with Gasteiger partial charge in [-0.2, -0.15) is 0 Å². The van der Waals surface area contributed by atoms with E-state index in [9.17, 15) is 4.79 Å². The molecule has 1 aliphatic rings. The van der Waals surface area contributed by atoms with Crippen molar-refractivity contribution in [1.82, 2.24) is 20.1 Å². The van der Waals surface area contributed by atoms with Gasteiger partial charge in [-0.05, 0) is 31.4 Å². The third-order valence-electron chi connectivity index (χ3n) is 4.27. The highest BCUT2D eigenvalue weighted by Crippen LogP contribution is 2.28. The molecule has 1 aliphatic carbocycles. The van der Waals surface area contributed by atoms with Crippen LogP contribution in [-0.4, -0.2) is 32.5 Å². The van der Waals surface area contributed by atoms with Gasteiger partial charge in [0.25, 0.3) is 0 Å². The summed E-state index contributed by atoms with van der Waals surface area (Å²) >= 11 is 1.41. The fourth-order valence-electron chi connectivity index (χ4n) is 2.75. The van der Waals surface area contributed by atoms with Crippen LogP contribution >= 0.6 is 11.8 Å². The molecule has 6 nitrogen and oxygen atoms in total. The SMILES string of the molecule is Cc1occc1-c1nnc(SCC(=O)NC2CC2)n1Cc1ccccc1. The first-order valence-electron chi connectivity index (χ1n) is 8.64. The summed E-state index contributed by atoms with van der Waals surface area (Å²) in [5.74, 6) is 1.95. The average molecular weight is 368 g/mol. The number of amides is 1. The second-order valence-corrected chi connectivity index (χ2v) is 7.34. The number of thioether (sulfide) groups is 1. The quantitative estimate of drug-likeness (QED) is 0.648. The average Bonchev–Trinajstić information content (AvgIpc) is 3.22. The number of aromatic nitrogens is 3. The summed E-state index contributed by atoms with van der Waals surface area (Å²) in [5.41, 5.74) is 2.07. The van der Waals surface area contributed by atoms with Crippen LogP contribution in [-0.2, 0) is 11.3 Å². The third-order valence-corrected chi connectivity index (χ3v) is 5.24. The fourth-order valence-corrected chi connectivity index (χ4v) is 3.50. The number of nitrogens with zero attached hydrogens (tertiary/aromatic N) is 3. The predicted octanol–water partition coefficient (Wildman–Crippen LogP) is 3.27. The van der Waals surface area contributed by atoms with Gasteiger partial charge in [-0.25, -0.2) is 0 Å². The van der Waals surface area contributed by atoms with Gasteiger partial charge in [-0.3, -0.25) is 9.36 Å². The number of hydrogen-bond acceptors (Lipinski definition) is 5. The molecule has 2 aromatic heterocycles. The Bertz CT molecular complexity index is 899. The van der Waals surface area contributed by atoms with E-state index in [0.717, 1.165) is 40.7 Å². The molecule has 0 aliphatic heterocycles. The standard InChI is InChI=1S/C19H20N4O2S/c1-13-16(9-10-25-13)18-21-22-19(26-12-17(24)20-15-7-8-15)23(18)11-14-5-3-2-4-6-14/h2-6,9-10,15H,7-8,11-12H2,1H3,(H,20,24). The summed E-state index contributed by atoms with van der Waals surface area (Å²) in [4.78, 5) is 12.0. The molecule has 2 heterocycles. The zero-order valence-electron chi connectivity index (χ0n) is 14.5. The lowest BCUT2D eigenvalue weighted by atomic mass is 10.2. The van der Waals surface area contributed by atoms with Crippen molar-refractivity contribution >= 4 is 17.7 Å². The summed E-state index contributed by atoms with van der Waals surface area (Å²) in [6.07, 6.45) is 3.83. The number of benzene rings is 1. The van der Waals surface area contributed by atoms with Crippen molar-refractivity contribution in [3.8, 4) is 11.4 Å². The van der Waals surface area contributed by atoms with E-state index in [0.29, 0.717) is 18.3 Å². The fraction of sp³-hybridized carbons (Fsp3) is 0.316. The van der Waals surface area contributed by atoms with Crippen LogP contribution in [0.2, 0.25) is 0 Å². The van der Waals surface area contributed by atoms with Gasteiger partial charge in [0.2, 0.25) is 5.91 Å². The van der Waals surface area contributed by atoms with Crippen molar-refractivity contribution in [2.24, 2.45) is 0 Å². The van der Waals surface area contributed by atoms with E-state index < -0.39 is 0 Å². The molecule has 0 saturated heterocycles. The van der Waals surface area contributed by atoms with Crippen molar-refractivity contribution in [1.29, 1.82) is 0 Å². The summed E-state index contributed by atoms with van der Waals surface area (Å²) < 4.78 is 7.47. The van der Waals surface area contributed by atoms with E-state index in [4.69, 9.17) is 4.42 Å². The molecule has 1 aromatic carbocycles. The maximum atomic E-state index is 12.0. The Morgan fingerprint density at radius 2 is 2.08 bits per heavy atom. The molecule has 3 aromatic rings. The summed E-state index contributed by atoms with van der Waals surface area (Å²) in [6, 6.07) is 12.4. The second kappa shape index (κ2) is 7.37. The van der Waals surface area contributed by atoms with Crippen LogP contribution in [0.15, 0.2) is 52.2 Å². The Hall–Kier alpha value is -2.54. The lowest BCUT2D eigenvalue weighted by molar-refractivity contribution is -0.118. The van der Waals surface area contributed by atoms with E-state index in [1.807, 2.05) is 35.8 Å². The number of hydrogen-bond donors (Lipinski definition) is 1. The highest BCUT2D eigenvalue weighted by atomic mass is 32.2. The van der Waals surface area contributed by atoms with Crippen molar-refractivity contribution in [3.05, 3.63) is 54.0 Å². The molecular formula is C19H20N4O2S. The van der Waals surface area contributed by atoms with Crippen LogP contribution in [0.4, 0.5) is 0 Å². The van der Waals surface area contributed by atoms with Crippen LogP contribution in [0.1, 0.15) is 24.2 Å². The molecular weight excluding hydrogens is 348 g/mol. The maximum Gasteiger partial charge on any atom is 0.230 e. The molecule has 0 atom stereocenters. The highest BCUT2D eigenvalue weighted by molar-refractivity contribution is 7.99. The Morgan fingerprint density at radius 3 is 2.77 bits per heavy atom. The topological polar surface area (TPSA) is 72.9 Å². The van der Waals surface area contributed by atoms with E-state index in [1.54, 1.807) is 6.26 Å². The molecule has 0 spiro atoms. The summed E-state index contributed by atoms with van der Waals surface area (Å²) in [7, 11) is 0. The second-order valence-electron chi connectivity index (χ2n) is 6.40. The third kappa shape index (κ3) is 3.83. The summed E-state index contributed by atoms with van der Waals surface area (Å²) in [6.45, 7) is 2.55. The molecule has 26 heavy (non-hydrogen) atoms. The molecule has 134 valence electrons. The molecule has 1 amide bonds.